The quantitative estimate of drug-likeness (QED) is 0.827. The lowest BCUT2D eigenvalue weighted by atomic mass is 10.1. The van der Waals surface area contributed by atoms with E-state index in [1.807, 2.05) is 25.7 Å². The number of nitrogens with zero attached hydrogens (tertiary/aromatic N) is 1. The van der Waals surface area contributed by atoms with Gasteiger partial charge in [-0.25, -0.2) is 0 Å². The largest absolute Gasteiger partial charge is 0.508 e. The number of amides is 1. The number of hydrogen-bond acceptors (Lipinski definition) is 3. The van der Waals surface area contributed by atoms with Crippen molar-refractivity contribution >= 4 is 5.91 Å². The second-order valence-electron chi connectivity index (χ2n) is 4.97. The van der Waals surface area contributed by atoms with Gasteiger partial charge in [0.25, 0.3) is 5.91 Å². The van der Waals surface area contributed by atoms with Crippen LogP contribution in [0.2, 0.25) is 0 Å². The zero-order chi connectivity index (χ0) is 13.3. The molecule has 1 N–H and O–H groups in total. The standard InChI is InChI=1S/C14H19NO3/c1-9-6-12(16)4-5-13(9)14(17)15-7-10(2)18-11(3)8-15/h4-6,10-11,16H,7-8H2,1-3H3/t10-,11+. The van der Waals surface area contributed by atoms with Gasteiger partial charge >= 0.3 is 0 Å². The molecule has 1 aromatic rings. The fraction of sp³-hybridized carbons (Fsp3) is 0.500. The van der Waals surface area contributed by atoms with E-state index in [9.17, 15) is 9.90 Å². The van der Waals surface area contributed by atoms with Crippen LogP contribution in [0.4, 0.5) is 0 Å². The van der Waals surface area contributed by atoms with Gasteiger partial charge in [-0.1, -0.05) is 0 Å². The van der Waals surface area contributed by atoms with Crippen molar-refractivity contribution in [3.63, 3.8) is 0 Å². The second kappa shape index (κ2) is 4.98. The average molecular weight is 249 g/mol. The van der Waals surface area contributed by atoms with E-state index >= 15 is 0 Å². The molecule has 1 aliphatic heterocycles. The van der Waals surface area contributed by atoms with Crippen molar-refractivity contribution in [2.75, 3.05) is 13.1 Å². The number of phenols is 1. The molecule has 0 bridgehead atoms. The third-order valence-corrected chi connectivity index (χ3v) is 3.15. The van der Waals surface area contributed by atoms with Crippen LogP contribution in [0.25, 0.3) is 0 Å². The topological polar surface area (TPSA) is 49.8 Å². The highest BCUT2D eigenvalue weighted by molar-refractivity contribution is 5.95. The number of benzene rings is 1. The van der Waals surface area contributed by atoms with Crippen molar-refractivity contribution in [1.29, 1.82) is 0 Å². The summed E-state index contributed by atoms with van der Waals surface area (Å²) in [6.45, 7) is 7.01. The van der Waals surface area contributed by atoms with Gasteiger partial charge in [0.1, 0.15) is 5.75 Å². The van der Waals surface area contributed by atoms with Crippen molar-refractivity contribution in [2.45, 2.75) is 33.0 Å². The summed E-state index contributed by atoms with van der Waals surface area (Å²) in [7, 11) is 0. The van der Waals surface area contributed by atoms with Gasteiger partial charge < -0.3 is 14.7 Å². The van der Waals surface area contributed by atoms with E-state index in [4.69, 9.17) is 4.74 Å². The Hall–Kier alpha value is -1.55. The van der Waals surface area contributed by atoms with Gasteiger partial charge in [-0.2, -0.15) is 0 Å². The van der Waals surface area contributed by atoms with Crippen LogP contribution in [0.15, 0.2) is 18.2 Å². The van der Waals surface area contributed by atoms with Gasteiger partial charge in [-0.05, 0) is 44.5 Å². The number of ether oxygens (including phenoxy) is 1. The first kappa shape index (κ1) is 12.9. The third kappa shape index (κ3) is 2.64. The van der Waals surface area contributed by atoms with Crippen LogP contribution in [0.3, 0.4) is 0 Å². The Balaban J connectivity index is 2.20. The maximum absolute atomic E-state index is 12.4. The van der Waals surface area contributed by atoms with Crippen LogP contribution in [0, 0.1) is 6.92 Å². The molecule has 0 aromatic heterocycles. The van der Waals surface area contributed by atoms with Crippen molar-refractivity contribution in [3.05, 3.63) is 29.3 Å². The van der Waals surface area contributed by atoms with Crippen molar-refractivity contribution in [2.24, 2.45) is 0 Å². The lowest BCUT2D eigenvalue weighted by Gasteiger charge is -2.35. The van der Waals surface area contributed by atoms with Gasteiger partial charge in [0.15, 0.2) is 0 Å². The van der Waals surface area contributed by atoms with Gasteiger partial charge in [0.2, 0.25) is 0 Å². The number of carbonyl (C=O) groups excluding carboxylic acids is 1. The Labute approximate surface area is 107 Å². The molecule has 2 atom stereocenters. The van der Waals surface area contributed by atoms with E-state index < -0.39 is 0 Å². The summed E-state index contributed by atoms with van der Waals surface area (Å²) in [5.74, 6) is 0.197. The molecular formula is C14H19NO3. The maximum atomic E-state index is 12.4. The summed E-state index contributed by atoms with van der Waals surface area (Å²) in [5, 5.41) is 9.37. The molecule has 1 fully saturated rings. The van der Waals surface area contributed by atoms with E-state index in [0.29, 0.717) is 18.7 Å². The first-order valence-electron chi connectivity index (χ1n) is 6.21. The molecule has 4 nitrogen and oxygen atoms in total. The van der Waals surface area contributed by atoms with Gasteiger partial charge in [0, 0.05) is 18.7 Å². The Morgan fingerprint density at radius 3 is 2.50 bits per heavy atom. The zero-order valence-corrected chi connectivity index (χ0v) is 11.0. The number of hydrogen-bond donors (Lipinski definition) is 1. The molecule has 1 amide bonds. The normalized spacial score (nSPS) is 24.1. The fourth-order valence-electron chi connectivity index (χ4n) is 2.40. The Morgan fingerprint density at radius 2 is 1.94 bits per heavy atom. The van der Waals surface area contributed by atoms with Crippen LogP contribution in [0.5, 0.6) is 5.75 Å². The number of phenolic OH excluding ortho intramolecular Hbond substituents is 1. The SMILES string of the molecule is Cc1cc(O)ccc1C(=O)N1C[C@@H](C)O[C@@H](C)C1. The summed E-state index contributed by atoms with van der Waals surface area (Å²) in [4.78, 5) is 14.2. The predicted molar refractivity (Wildman–Crippen MR) is 68.8 cm³/mol. The molecule has 1 aromatic carbocycles. The maximum Gasteiger partial charge on any atom is 0.254 e. The number of carbonyl (C=O) groups is 1. The third-order valence-electron chi connectivity index (χ3n) is 3.15. The molecule has 98 valence electrons. The minimum atomic E-state index is 0.00880. The average Bonchev–Trinajstić information content (AvgIpc) is 2.26. The molecule has 1 heterocycles. The van der Waals surface area contributed by atoms with Crippen LogP contribution >= 0.6 is 0 Å². The fourth-order valence-corrected chi connectivity index (χ4v) is 2.40. The molecule has 0 saturated carbocycles. The minimum Gasteiger partial charge on any atom is -0.508 e. The first-order chi connectivity index (χ1) is 8.47. The predicted octanol–water partition coefficient (Wildman–Crippen LogP) is 1.95. The summed E-state index contributed by atoms with van der Waals surface area (Å²) in [5.41, 5.74) is 1.45. The second-order valence-corrected chi connectivity index (χ2v) is 4.97. The molecular weight excluding hydrogens is 230 g/mol. The smallest absolute Gasteiger partial charge is 0.254 e. The molecule has 0 aliphatic carbocycles. The van der Waals surface area contributed by atoms with Gasteiger partial charge in [0.05, 0.1) is 12.2 Å². The van der Waals surface area contributed by atoms with E-state index in [-0.39, 0.29) is 23.9 Å². The van der Waals surface area contributed by atoms with Crippen LogP contribution in [0.1, 0.15) is 29.8 Å². The Bertz CT molecular complexity index is 448. The highest BCUT2D eigenvalue weighted by atomic mass is 16.5. The molecule has 1 saturated heterocycles. The molecule has 1 aliphatic rings. The summed E-state index contributed by atoms with van der Waals surface area (Å²) < 4.78 is 5.62. The Kier molecular flexibility index (Phi) is 3.57. The summed E-state index contributed by atoms with van der Waals surface area (Å²) in [6.07, 6.45) is 0.130. The lowest BCUT2D eigenvalue weighted by molar-refractivity contribution is -0.0586. The molecule has 0 radical (unpaired) electrons. The first-order valence-corrected chi connectivity index (χ1v) is 6.21. The number of aromatic hydroxyl groups is 1. The number of rotatable bonds is 1. The van der Waals surface area contributed by atoms with Crippen molar-refractivity contribution in [1.82, 2.24) is 4.90 Å². The van der Waals surface area contributed by atoms with Crippen LogP contribution < -0.4 is 0 Å². The zero-order valence-electron chi connectivity index (χ0n) is 11.0. The van der Waals surface area contributed by atoms with Crippen LogP contribution in [-0.2, 0) is 4.74 Å². The van der Waals surface area contributed by atoms with Crippen molar-refractivity contribution < 1.29 is 14.6 Å². The molecule has 0 spiro atoms. The van der Waals surface area contributed by atoms with E-state index in [1.54, 1.807) is 18.2 Å². The number of aryl methyl sites for hydroxylation is 1. The monoisotopic (exact) mass is 249 g/mol. The summed E-state index contributed by atoms with van der Waals surface area (Å²) in [6, 6.07) is 4.84. The van der Waals surface area contributed by atoms with Gasteiger partial charge in [-0.3, -0.25) is 4.79 Å². The Morgan fingerprint density at radius 1 is 1.33 bits per heavy atom. The van der Waals surface area contributed by atoms with Gasteiger partial charge in [-0.15, -0.1) is 0 Å². The number of morpholine rings is 1. The molecule has 18 heavy (non-hydrogen) atoms. The highest BCUT2D eigenvalue weighted by Gasteiger charge is 2.27. The van der Waals surface area contributed by atoms with Crippen LogP contribution in [-0.4, -0.2) is 41.2 Å². The lowest BCUT2D eigenvalue weighted by Crippen LogP contribution is -2.48. The minimum absolute atomic E-state index is 0.00880. The van der Waals surface area contributed by atoms with E-state index in [2.05, 4.69) is 0 Å². The molecule has 0 unspecified atom stereocenters. The highest BCUT2D eigenvalue weighted by Crippen LogP contribution is 2.19. The molecule has 4 heteroatoms. The van der Waals surface area contributed by atoms with Crippen molar-refractivity contribution in [3.8, 4) is 5.75 Å². The van der Waals surface area contributed by atoms with E-state index in [1.165, 1.54) is 0 Å². The van der Waals surface area contributed by atoms with E-state index in [0.717, 1.165) is 5.56 Å². The summed E-state index contributed by atoms with van der Waals surface area (Å²) >= 11 is 0. The molecule has 2 rings (SSSR count).